The van der Waals surface area contributed by atoms with Gasteiger partial charge in [-0.15, -0.1) is 0 Å². The third kappa shape index (κ3) is 10.9. The van der Waals surface area contributed by atoms with E-state index in [1.807, 2.05) is 14.1 Å². The molecule has 0 aromatic rings. The Hall–Kier alpha value is -0.650. The first-order valence-electron chi connectivity index (χ1n) is 6.96. The minimum absolute atomic E-state index is 0.0358. The maximum atomic E-state index is 11.9. The highest BCUT2D eigenvalue weighted by atomic mass is 16.5. The molecule has 5 heteroatoms. The Morgan fingerprint density at radius 1 is 1.32 bits per heavy atom. The van der Waals surface area contributed by atoms with Crippen LogP contribution in [-0.4, -0.2) is 57.8 Å². The smallest absolute Gasteiger partial charge is 0.224 e. The number of rotatable bonds is 9. The van der Waals surface area contributed by atoms with Crippen molar-refractivity contribution in [1.82, 2.24) is 10.2 Å². The van der Waals surface area contributed by atoms with Crippen LogP contribution in [0.15, 0.2) is 0 Å². The van der Waals surface area contributed by atoms with Crippen molar-refractivity contribution in [2.24, 2.45) is 17.1 Å². The highest BCUT2D eigenvalue weighted by Gasteiger charge is 2.23. The number of carbonyl (C=O) groups excluding carboxylic acids is 1. The van der Waals surface area contributed by atoms with Crippen LogP contribution in [0.2, 0.25) is 0 Å². The Kier molecular flexibility index (Phi) is 8.97. The van der Waals surface area contributed by atoms with Gasteiger partial charge < -0.3 is 20.7 Å². The molecule has 1 amide bonds. The summed E-state index contributed by atoms with van der Waals surface area (Å²) in [4.78, 5) is 14.0. The maximum Gasteiger partial charge on any atom is 0.224 e. The van der Waals surface area contributed by atoms with Gasteiger partial charge in [0.25, 0.3) is 0 Å². The molecule has 0 saturated heterocycles. The van der Waals surface area contributed by atoms with Crippen molar-refractivity contribution >= 4 is 5.91 Å². The van der Waals surface area contributed by atoms with Gasteiger partial charge in [0, 0.05) is 19.6 Å². The van der Waals surface area contributed by atoms with Crippen molar-refractivity contribution in [2.75, 3.05) is 46.9 Å². The van der Waals surface area contributed by atoms with Crippen molar-refractivity contribution in [3.05, 3.63) is 0 Å². The summed E-state index contributed by atoms with van der Waals surface area (Å²) in [6.07, 6.45) is 0.802. The van der Waals surface area contributed by atoms with Gasteiger partial charge in [-0.3, -0.25) is 4.79 Å². The minimum atomic E-state index is -0.109. The molecule has 114 valence electrons. The third-order valence-corrected chi connectivity index (χ3v) is 2.74. The van der Waals surface area contributed by atoms with E-state index in [2.05, 4.69) is 31.0 Å². The van der Waals surface area contributed by atoms with Crippen LogP contribution in [-0.2, 0) is 9.53 Å². The zero-order valence-corrected chi connectivity index (χ0v) is 13.2. The van der Waals surface area contributed by atoms with E-state index in [0.29, 0.717) is 26.3 Å². The summed E-state index contributed by atoms with van der Waals surface area (Å²) in [6, 6.07) is 0. The summed E-state index contributed by atoms with van der Waals surface area (Å²) in [5.74, 6) is -0.0737. The number of hydrogen-bond donors (Lipinski definition) is 2. The molecule has 0 aromatic heterocycles. The van der Waals surface area contributed by atoms with E-state index in [-0.39, 0.29) is 17.2 Å². The molecule has 0 spiro atoms. The fourth-order valence-corrected chi connectivity index (χ4v) is 1.76. The molecular weight excluding hydrogens is 242 g/mol. The number of nitrogens with zero attached hydrogens (tertiary/aromatic N) is 1. The van der Waals surface area contributed by atoms with Crippen LogP contribution in [0, 0.1) is 11.3 Å². The van der Waals surface area contributed by atoms with E-state index in [1.165, 1.54) is 0 Å². The first-order chi connectivity index (χ1) is 8.76. The van der Waals surface area contributed by atoms with Gasteiger partial charge in [-0.25, -0.2) is 0 Å². The monoisotopic (exact) mass is 273 g/mol. The Morgan fingerprint density at radius 2 is 1.95 bits per heavy atom. The van der Waals surface area contributed by atoms with Crippen molar-refractivity contribution in [1.29, 1.82) is 0 Å². The van der Waals surface area contributed by atoms with Gasteiger partial charge in [0.1, 0.15) is 0 Å². The molecule has 1 atom stereocenters. The van der Waals surface area contributed by atoms with E-state index in [4.69, 9.17) is 10.5 Å². The van der Waals surface area contributed by atoms with Crippen molar-refractivity contribution in [3.8, 4) is 0 Å². The van der Waals surface area contributed by atoms with Crippen LogP contribution >= 0.6 is 0 Å². The average molecular weight is 273 g/mol. The summed E-state index contributed by atoms with van der Waals surface area (Å²) < 4.78 is 5.42. The van der Waals surface area contributed by atoms with Crippen molar-refractivity contribution in [2.45, 2.75) is 27.2 Å². The molecule has 0 aromatic carbocycles. The van der Waals surface area contributed by atoms with E-state index in [0.717, 1.165) is 13.0 Å². The molecule has 1 unspecified atom stereocenters. The predicted molar refractivity (Wildman–Crippen MR) is 79.0 cm³/mol. The molecule has 0 saturated carbocycles. The zero-order valence-electron chi connectivity index (χ0n) is 13.2. The predicted octanol–water partition coefficient (Wildman–Crippen LogP) is 0.692. The van der Waals surface area contributed by atoms with Crippen LogP contribution in [0.1, 0.15) is 27.2 Å². The van der Waals surface area contributed by atoms with Gasteiger partial charge in [-0.1, -0.05) is 20.8 Å². The molecule has 19 heavy (non-hydrogen) atoms. The lowest BCUT2D eigenvalue weighted by Gasteiger charge is -2.24. The van der Waals surface area contributed by atoms with E-state index in [9.17, 15) is 4.79 Å². The van der Waals surface area contributed by atoms with E-state index < -0.39 is 0 Å². The first kappa shape index (κ1) is 18.4. The Balaban J connectivity index is 3.77. The number of amides is 1. The number of ether oxygens (including phenoxy) is 1. The van der Waals surface area contributed by atoms with Crippen molar-refractivity contribution < 1.29 is 9.53 Å². The van der Waals surface area contributed by atoms with Gasteiger partial charge in [0.05, 0.1) is 19.1 Å². The second kappa shape index (κ2) is 9.28. The van der Waals surface area contributed by atoms with Gasteiger partial charge in [0.15, 0.2) is 0 Å². The number of hydrogen-bond acceptors (Lipinski definition) is 4. The summed E-state index contributed by atoms with van der Waals surface area (Å²) in [5.41, 5.74) is 5.78. The minimum Gasteiger partial charge on any atom is -0.378 e. The standard InChI is InChI=1S/C14H31N3O2/c1-14(2,3)10-12(11-15)13(18)16-6-8-19-9-7-17(4)5/h12H,6-11,15H2,1-5H3,(H,16,18). The molecule has 0 aliphatic heterocycles. The largest absolute Gasteiger partial charge is 0.378 e. The summed E-state index contributed by atoms with van der Waals surface area (Å²) in [6.45, 7) is 9.42. The molecule has 0 bridgehead atoms. The topological polar surface area (TPSA) is 67.6 Å². The second-order valence-electron chi connectivity index (χ2n) is 6.40. The first-order valence-corrected chi connectivity index (χ1v) is 6.96. The SMILES string of the molecule is CN(C)CCOCCNC(=O)C(CN)CC(C)(C)C. The quantitative estimate of drug-likeness (QED) is 0.607. The lowest BCUT2D eigenvalue weighted by Crippen LogP contribution is -2.38. The van der Waals surface area contributed by atoms with E-state index in [1.54, 1.807) is 0 Å². The molecule has 0 heterocycles. The number of nitrogens with one attached hydrogen (secondary N) is 1. The fourth-order valence-electron chi connectivity index (χ4n) is 1.76. The third-order valence-electron chi connectivity index (χ3n) is 2.74. The molecule has 5 nitrogen and oxygen atoms in total. The summed E-state index contributed by atoms with van der Waals surface area (Å²) in [5, 5.41) is 2.89. The molecule has 0 aliphatic carbocycles. The summed E-state index contributed by atoms with van der Waals surface area (Å²) in [7, 11) is 4.01. The second-order valence-corrected chi connectivity index (χ2v) is 6.40. The van der Waals surface area contributed by atoms with Gasteiger partial charge >= 0.3 is 0 Å². The van der Waals surface area contributed by atoms with Crippen LogP contribution in [0.5, 0.6) is 0 Å². The van der Waals surface area contributed by atoms with Gasteiger partial charge in [-0.05, 0) is 25.9 Å². The number of likely N-dealkylation sites (N-methyl/N-ethyl adjacent to an activating group) is 1. The highest BCUT2D eigenvalue weighted by molar-refractivity contribution is 5.78. The van der Waals surface area contributed by atoms with Crippen LogP contribution < -0.4 is 11.1 Å². The Labute approximate surface area is 117 Å². The zero-order chi connectivity index (χ0) is 14.9. The maximum absolute atomic E-state index is 11.9. The Bertz CT molecular complexity index is 250. The van der Waals surface area contributed by atoms with Gasteiger partial charge in [0.2, 0.25) is 5.91 Å². The fraction of sp³-hybridized carbons (Fsp3) is 0.929. The van der Waals surface area contributed by atoms with Crippen LogP contribution in [0.25, 0.3) is 0 Å². The molecular formula is C14H31N3O2. The van der Waals surface area contributed by atoms with Crippen molar-refractivity contribution in [3.63, 3.8) is 0 Å². The van der Waals surface area contributed by atoms with Crippen LogP contribution in [0.3, 0.4) is 0 Å². The number of carbonyl (C=O) groups is 1. The highest BCUT2D eigenvalue weighted by Crippen LogP contribution is 2.23. The molecule has 0 rings (SSSR count). The molecule has 3 N–H and O–H groups in total. The molecule has 0 radical (unpaired) electrons. The average Bonchev–Trinajstić information content (AvgIpc) is 2.28. The lowest BCUT2D eigenvalue weighted by molar-refractivity contribution is -0.125. The Morgan fingerprint density at radius 3 is 2.42 bits per heavy atom. The normalized spacial score (nSPS) is 13.6. The molecule has 0 aliphatic rings. The summed E-state index contributed by atoms with van der Waals surface area (Å²) >= 11 is 0. The number of nitrogens with two attached hydrogens (primary N) is 1. The molecule has 0 fully saturated rings. The lowest BCUT2D eigenvalue weighted by atomic mass is 9.84. The van der Waals surface area contributed by atoms with E-state index >= 15 is 0 Å². The van der Waals surface area contributed by atoms with Gasteiger partial charge in [-0.2, -0.15) is 0 Å². The van der Waals surface area contributed by atoms with Crippen LogP contribution in [0.4, 0.5) is 0 Å².